The lowest BCUT2D eigenvalue weighted by atomic mass is 10.2. The SMILES string of the molecule is COc1ccc(/C=N/N(CCO)C2=NS(=O)(=O)c3ccccc32)c(OC)c1. The molecule has 0 saturated heterocycles. The van der Waals surface area contributed by atoms with E-state index in [-0.39, 0.29) is 23.9 Å². The summed E-state index contributed by atoms with van der Waals surface area (Å²) in [6.45, 7) is -0.143. The molecule has 8 nitrogen and oxygen atoms in total. The van der Waals surface area contributed by atoms with Crippen molar-refractivity contribution >= 4 is 22.1 Å². The molecule has 0 amide bonds. The molecule has 142 valence electrons. The van der Waals surface area contributed by atoms with Gasteiger partial charge in [0.25, 0.3) is 10.0 Å². The van der Waals surface area contributed by atoms with Crippen LogP contribution in [0, 0.1) is 0 Å². The average molecular weight is 389 g/mol. The highest BCUT2D eigenvalue weighted by molar-refractivity contribution is 7.90. The zero-order valence-corrected chi connectivity index (χ0v) is 15.7. The number of aliphatic hydroxyl groups excluding tert-OH is 1. The molecule has 1 N–H and O–H groups in total. The van der Waals surface area contributed by atoms with E-state index < -0.39 is 10.0 Å². The number of ether oxygens (including phenoxy) is 2. The number of sulfonamides is 1. The molecule has 2 aromatic carbocycles. The normalized spacial score (nSPS) is 14.7. The summed E-state index contributed by atoms with van der Waals surface area (Å²) < 4.78 is 38.8. The highest BCUT2D eigenvalue weighted by Gasteiger charge is 2.31. The summed E-state index contributed by atoms with van der Waals surface area (Å²) in [7, 11) is -0.687. The average Bonchev–Trinajstić information content (AvgIpc) is 2.96. The van der Waals surface area contributed by atoms with Gasteiger partial charge >= 0.3 is 0 Å². The highest BCUT2D eigenvalue weighted by Crippen LogP contribution is 2.28. The van der Waals surface area contributed by atoms with Gasteiger partial charge in [-0.05, 0) is 24.3 Å². The number of rotatable bonds is 6. The maximum absolute atomic E-state index is 12.3. The maximum Gasteiger partial charge on any atom is 0.285 e. The van der Waals surface area contributed by atoms with E-state index in [0.29, 0.717) is 22.6 Å². The minimum atomic E-state index is -3.77. The molecular weight excluding hydrogens is 370 g/mol. The van der Waals surface area contributed by atoms with Crippen LogP contribution >= 0.6 is 0 Å². The Morgan fingerprint density at radius 1 is 1.19 bits per heavy atom. The van der Waals surface area contributed by atoms with Crippen LogP contribution in [0.2, 0.25) is 0 Å². The van der Waals surface area contributed by atoms with Crippen molar-refractivity contribution in [3.63, 3.8) is 0 Å². The largest absolute Gasteiger partial charge is 0.497 e. The Kier molecular flexibility index (Phi) is 5.43. The molecule has 0 spiro atoms. The first-order valence-electron chi connectivity index (χ1n) is 8.09. The first-order chi connectivity index (χ1) is 13.0. The smallest absolute Gasteiger partial charge is 0.285 e. The van der Waals surface area contributed by atoms with Crippen LogP contribution in [0.1, 0.15) is 11.1 Å². The van der Waals surface area contributed by atoms with E-state index in [1.165, 1.54) is 24.4 Å². The van der Waals surface area contributed by atoms with Gasteiger partial charge in [-0.3, -0.25) is 0 Å². The second-order valence-electron chi connectivity index (χ2n) is 5.59. The van der Waals surface area contributed by atoms with Gasteiger partial charge in [0.2, 0.25) is 0 Å². The molecule has 0 fully saturated rings. The third-order valence-electron chi connectivity index (χ3n) is 3.95. The lowest BCUT2D eigenvalue weighted by molar-refractivity contribution is 0.254. The van der Waals surface area contributed by atoms with Gasteiger partial charge in [0.05, 0.1) is 33.6 Å². The van der Waals surface area contributed by atoms with Crippen LogP contribution in [0.5, 0.6) is 11.5 Å². The lowest BCUT2D eigenvalue weighted by Gasteiger charge is -2.17. The molecule has 9 heteroatoms. The van der Waals surface area contributed by atoms with Crippen LogP contribution in [0.4, 0.5) is 0 Å². The molecule has 0 saturated carbocycles. The van der Waals surface area contributed by atoms with Crippen molar-refractivity contribution in [2.45, 2.75) is 4.90 Å². The molecule has 0 aromatic heterocycles. The van der Waals surface area contributed by atoms with Crippen molar-refractivity contribution in [3.8, 4) is 11.5 Å². The van der Waals surface area contributed by atoms with E-state index in [9.17, 15) is 13.5 Å². The van der Waals surface area contributed by atoms with Crippen LogP contribution in [-0.2, 0) is 10.0 Å². The van der Waals surface area contributed by atoms with Gasteiger partial charge in [-0.25, -0.2) is 5.01 Å². The molecule has 0 bridgehead atoms. The summed E-state index contributed by atoms with van der Waals surface area (Å²) in [5.74, 6) is 1.35. The number of hydrogen-bond acceptors (Lipinski definition) is 7. The third kappa shape index (κ3) is 3.79. The summed E-state index contributed by atoms with van der Waals surface area (Å²) in [5, 5.41) is 15.1. The van der Waals surface area contributed by atoms with Crippen LogP contribution in [-0.4, -0.2) is 58.0 Å². The fourth-order valence-corrected chi connectivity index (χ4v) is 3.85. The van der Waals surface area contributed by atoms with Crippen molar-refractivity contribution in [2.24, 2.45) is 9.50 Å². The first kappa shape index (κ1) is 18.9. The van der Waals surface area contributed by atoms with Gasteiger partial charge in [-0.15, -0.1) is 4.40 Å². The van der Waals surface area contributed by atoms with Crippen LogP contribution in [0.15, 0.2) is 56.9 Å². The van der Waals surface area contributed by atoms with Crippen molar-refractivity contribution in [1.82, 2.24) is 5.01 Å². The predicted molar refractivity (Wildman–Crippen MR) is 101 cm³/mol. The van der Waals surface area contributed by atoms with E-state index in [1.54, 1.807) is 43.5 Å². The van der Waals surface area contributed by atoms with Gasteiger partial charge in [0, 0.05) is 17.2 Å². The first-order valence-corrected chi connectivity index (χ1v) is 9.53. The molecule has 0 radical (unpaired) electrons. The summed E-state index contributed by atoms with van der Waals surface area (Å²) >= 11 is 0. The van der Waals surface area contributed by atoms with Gasteiger partial charge < -0.3 is 14.6 Å². The zero-order valence-electron chi connectivity index (χ0n) is 14.9. The Bertz CT molecular complexity index is 1000. The fraction of sp³-hybridized carbons (Fsp3) is 0.222. The minimum absolute atomic E-state index is 0.0810. The van der Waals surface area contributed by atoms with Gasteiger partial charge in [0.15, 0.2) is 5.84 Å². The second-order valence-corrected chi connectivity index (χ2v) is 7.16. The topological polar surface area (TPSA) is 101 Å². The summed E-state index contributed by atoms with van der Waals surface area (Å²) in [5.41, 5.74) is 1.11. The van der Waals surface area contributed by atoms with E-state index in [2.05, 4.69) is 9.50 Å². The minimum Gasteiger partial charge on any atom is -0.497 e. The van der Waals surface area contributed by atoms with E-state index in [1.807, 2.05) is 0 Å². The zero-order chi connectivity index (χ0) is 19.4. The maximum atomic E-state index is 12.3. The number of methoxy groups -OCH3 is 2. The fourth-order valence-electron chi connectivity index (χ4n) is 2.64. The molecule has 1 heterocycles. The summed E-state index contributed by atoms with van der Waals surface area (Å²) in [4.78, 5) is 0.125. The standard InChI is InChI=1S/C18H19N3O5S/c1-25-14-8-7-13(16(11-14)26-2)12-19-21(9-10-22)18-15-5-3-4-6-17(15)27(23,24)20-18/h3-8,11-12,22H,9-10H2,1-2H3/b19-12+. The van der Waals surface area contributed by atoms with Gasteiger partial charge in [0.1, 0.15) is 16.4 Å². The number of amidine groups is 1. The predicted octanol–water partition coefficient (Wildman–Crippen LogP) is 1.48. The number of hydrazone groups is 1. The van der Waals surface area contributed by atoms with Crippen molar-refractivity contribution in [2.75, 3.05) is 27.4 Å². The molecule has 0 unspecified atom stereocenters. The van der Waals surface area contributed by atoms with Crippen LogP contribution in [0.3, 0.4) is 0 Å². The Labute approximate surface area is 157 Å². The second kappa shape index (κ2) is 7.77. The Balaban J connectivity index is 1.98. The monoisotopic (exact) mass is 389 g/mol. The molecule has 3 rings (SSSR count). The van der Waals surface area contributed by atoms with E-state index in [0.717, 1.165) is 0 Å². The molecule has 27 heavy (non-hydrogen) atoms. The molecule has 1 aliphatic heterocycles. The number of hydrogen-bond donors (Lipinski definition) is 1. The Morgan fingerprint density at radius 2 is 1.96 bits per heavy atom. The molecule has 2 aromatic rings. The molecule has 0 atom stereocenters. The van der Waals surface area contributed by atoms with Crippen LogP contribution < -0.4 is 9.47 Å². The van der Waals surface area contributed by atoms with Gasteiger partial charge in [-0.1, -0.05) is 12.1 Å². The van der Waals surface area contributed by atoms with Crippen molar-refractivity contribution in [3.05, 3.63) is 53.6 Å². The number of benzene rings is 2. The Hall–Kier alpha value is -2.91. The van der Waals surface area contributed by atoms with Crippen LogP contribution in [0.25, 0.3) is 0 Å². The van der Waals surface area contributed by atoms with E-state index >= 15 is 0 Å². The molecular formula is C18H19N3O5S. The summed E-state index contributed by atoms with van der Waals surface area (Å²) in [6.07, 6.45) is 1.52. The van der Waals surface area contributed by atoms with Crippen molar-refractivity contribution < 1.29 is 23.0 Å². The van der Waals surface area contributed by atoms with E-state index in [4.69, 9.17) is 9.47 Å². The van der Waals surface area contributed by atoms with Gasteiger partial charge in [-0.2, -0.15) is 13.5 Å². The lowest BCUT2D eigenvalue weighted by Crippen LogP contribution is -2.28. The molecule has 0 aliphatic carbocycles. The molecule has 1 aliphatic rings. The number of fused-ring (bicyclic) bond motifs is 1. The quantitative estimate of drug-likeness (QED) is 0.593. The Morgan fingerprint density at radius 3 is 2.67 bits per heavy atom. The number of aliphatic hydroxyl groups is 1. The van der Waals surface area contributed by atoms with Crippen molar-refractivity contribution in [1.29, 1.82) is 0 Å². The summed E-state index contributed by atoms with van der Waals surface area (Å²) in [6, 6.07) is 11.7. The highest BCUT2D eigenvalue weighted by atomic mass is 32.2. The third-order valence-corrected chi connectivity index (χ3v) is 5.27. The number of nitrogens with zero attached hydrogens (tertiary/aromatic N) is 3.